The highest BCUT2D eigenvalue weighted by Crippen LogP contribution is 2.05. The van der Waals surface area contributed by atoms with Crippen molar-refractivity contribution in [2.75, 3.05) is 18.8 Å². The molecule has 5 heteroatoms. The number of hydrogen-bond acceptors (Lipinski definition) is 3. The second kappa shape index (κ2) is 8.03. The van der Waals surface area contributed by atoms with Gasteiger partial charge >= 0.3 is 0 Å². The maximum absolute atomic E-state index is 11.6. The topological polar surface area (TPSA) is 58.2 Å². The quantitative estimate of drug-likeness (QED) is 0.607. The Labute approximate surface area is 100 Å². The van der Waals surface area contributed by atoms with Gasteiger partial charge in [0.05, 0.1) is 5.75 Å². The fraction of sp³-hybridized carbons (Fsp3) is 1.00. The summed E-state index contributed by atoms with van der Waals surface area (Å²) in [6.07, 6.45) is 1.55. The van der Waals surface area contributed by atoms with E-state index in [4.69, 9.17) is 0 Å². The van der Waals surface area contributed by atoms with Crippen molar-refractivity contribution in [3.8, 4) is 0 Å². The van der Waals surface area contributed by atoms with E-state index in [-0.39, 0.29) is 11.8 Å². The van der Waals surface area contributed by atoms with Gasteiger partial charge in [-0.05, 0) is 38.8 Å². The van der Waals surface area contributed by atoms with Crippen LogP contribution in [0.1, 0.15) is 40.5 Å². The molecule has 0 aromatic heterocycles. The van der Waals surface area contributed by atoms with Crippen LogP contribution in [-0.2, 0) is 10.0 Å². The lowest BCUT2D eigenvalue weighted by Crippen LogP contribution is -2.35. The highest BCUT2D eigenvalue weighted by Gasteiger charge is 2.14. The largest absolute Gasteiger partial charge is 0.317 e. The average molecular weight is 250 g/mol. The Morgan fingerprint density at radius 3 is 2.31 bits per heavy atom. The van der Waals surface area contributed by atoms with Crippen LogP contribution in [0.15, 0.2) is 0 Å². The molecule has 0 saturated heterocycles. The van der Waals surface area contributed by atoms with Crippen molar-refractivity contribution in [2.45, 2.75) is 46.6 Å². The maximum Gasteiger partial charge on any atom is 0.211 e. The molecule has 1 unspecified atom stereocenters. The van der Waals surface area contributed by atoms with E-state index in [1.54, 1.807) is 0 Å². The van der Waals surface area contributed by atoms with E-state index in [9.17, 15) is 8.42 Å². The summed E-state index contributed by atoms with van der Waals surface area (Å²) in [5.41, 5.74) is 0. The van der Waals surface area contributed by atoms with Crippen LogP contribution in [0.3, 0.4) is 0 Å². The van der Waals surface area contributed by atoms with Crippen molar-refractivity contribution < 1.29 is 8.42 Å². The first-order chi connectivity index (χ1) is 7.37. The zero-order chi connectivity index (χ0) is 12.6. The molecular weight excluding hydrogens is 224 g/mol. The Hall–Kier alpha value is -0.130. The average Bonchev–Trinajstić information content (AvgIpc) is 2.10. The minimum atomic E-state index is -3.10. The fourth-order valence-electron chi connectivity index (χ4n) is 1.68. The summed E-state index contributed by atoms with van der Waals surface area (Å²) in [5.74, 6) is 0.724. The molecular formula is C11H26N2O2S. The van der Waals surface area contributed by atoms with Crippen molar-refractivity contribution >= 4 is 10.0 Å². The molecule has 0 bridgehead atoms. The number of rotatable bonds is 9. The second-order valence-electron chi connectivity index (χ2n) is 4.67. The third-order valence-corrected chi connectivity index (χ3v) is 3.81. The first kappa shape index (κ1) is 15.9. The molecule has 0 aromatic carbocycles. The molecule has 98 valence electrons. The zero-order valence-corrected chi connectivity index (χ0v) is 11.7. The molecule has 0 aliphatic heterocycles. The number of nitrogens with one attached hydrogen (secondary N) is 2. The molecule has 0 heterocycles. The highest BCUT2D eigenvalue weighted by atomic mass is 32.2. The smallest absolute Gasteiger partial charge is 0.211 e. The van der Waals surface area contributed by atoms with E-state index in [1.807, 2.05) is 13.8 Å². The molecule has 0 aliphatic rings. The van der Waals surface area contributed by atoms with E-state index >= 15 is 0 Å². The minimum Gasteiger partial charge on any atom is -0.317 e. The predicted octanol–water partition coefficient (Wildman–Crippen LogP) is 1.34. The van der Waals surface area contributed by atoms with E-state index in [0.717, 1.165) is 19.5 Å². The molecule has 0 amide bonds. The van der Waals surface area contributed by atoms with E-state index in [2.05, 4.69) is 23.9 Å². The van der Waals surface area contributed by atoms with Crippen LogP contribution in [0.4, 0.5) is 0 Å². The van der Waals surface area contributed by atoms with E-state index < -0.39 is 10.0 Å². The first-order valence-electron chi connectivity index (χ1n) is 6.08. The molecule has 0 spiro atoms. The third-order valence-electron chi connectivity index (χ3n) is 2.22. The van der Waals surface area contributed by atoms with Crippen molar-refractivity contribution in [1.29, 1.82) is 0 Å². The molecule has 16 heavy (non-hydrogen) atoms. The van der Waals surface area contributed by atoms with Crippen LogP contribution in [0.5, 0.6) is 0 Å². The van der Waals surface area contributed by atoms with Crippen LogP contribution >= 0.6 is 0 Å². The van der Waals surface area contributed by atoms with Gasteiger partial charge in [-0.25, -0.2) is 13.1 Å². The zero-order valence-electron chi connectivity index (χ0n) is 10.9. The Morgan fingerprint density at radius 2 is 1.81 bits per heavy atom. The normalized spacial score (nSPS) is 14.3. The van der Waals surface area contributed by atoms with Gasteiger partial charge in [0.2, 0.25) is 10.0 Å². The van der Waals surface area contributed by atoms with Gasteiger partial charge in [0, 0.05) is 6.04 Å². The molecule has 0 radical (unpaired) electrons. The molecule has 2 N–H and O–H groups in total. The minimum absolute atomic E-state index is 0.0316. The van der Waals surface area contributed by atoms with Crippen LogP contribution in [0.2, 0.25) is 0 Å². The van der Waals surface area contributed by atoms with E-state index in [1.165, 1.54) is 0 Å². The van der Waals surface area contributed by atoms with Gasteiger partial charge in [0.1, 0.15) is 0 Å². The summed E-state index contributed by atoms with van der Waals surface area (Å²) in [6, 6.07) is 0.0316. The summed E-state index contributed by atoms with van der Waals surface area (Å²) in [6.45, 7) is 9.76. The second-order valence-corrected chi connectivity index (χ2v) is 6.55. The summed E-state index contributed by atoms with van der Waals surface area (Å²) < 4.78 is 26.0. The highest BCUT2D eigenvalue weighted by molar-refractivity contribution is 7.89. The Bertz CT molecular complexity index is 263. The Morgan fingerprint density at radius 1 is 1.19 bits per heavy atom. The number of sulfonamides is 1. The van der Waals surface area contributed by atoms with Gasteiger partial charge < -0.3 is 5.32 Å². The Balaban J connectivity index is 3.86. The third kappa shape index (κ3) is 9.12. The molecule has 1 atom stereocenters. The van der Waals surface area contributed by atoms with Crippen LogP contribution in [0.25, 0.3) is 0 Å². The van der Waals surface area contributed by atoms with Crippen molar-refractivity contribution in [3.63, 3.8) is 0 Å². The van der Waals surface area contributed by atoms with Crippen molar-refractivity contribution in [3.05, 3.63) is 0 Å². The molecule has 0 aliphatic carbocycles. The molecule has 0 saturated carbocycles. The monoisotopic (exact) mass is 250 g/mol. The van der Waals surface area contributed by atoms with Crippen LogP contribution < -0.4 is 10.0 Å². The summed E-state index contributed by atoms with van der Waals surface area (Å²) in [4.78, 5) is 0. The lowest BCUT2D eigenvalue weighted by molar-refractivity contribution is 0.481. The fourth-order valence-corrected chi connectivity index (χ4v) is 3.04. The van der Waals surface area contributed by atoms with Gasteiger partial charge in [0.15, 0.2) is 0 Å². The van der Waals surface area contributed by atoms with Crippen LogP contribution in [-0.4, -0.2) is 33.3 Å². The molecule has 0 aromatic rings. The van der Waals surface area contributed by atoms with Gasteiger partial charge in [-0.1, -0.05) is 20.8 Å². The molecule has 0 rings (SSSR count). The van der Waals surface area contributed by atoms with Gasteiger partial charge in [-0.15, -0.1) is 0 Å². The summed E-state index contributed by atoms with van der Waals surface area (Å²) in [5, 5.41) is 3.11. The van der Waals surface area contributed by atoms with Gasteiger partial charge in [-0.3, -0.25) is 0 Å². The SMILES string of the molecule is CCNCCCS(=O)(=O)NC(C)CC(C)C. The molecule has 4 nitrogen and oxygen atoms in total. The standard InChI is InChI=1S/C11H26N2O2S/c1-5-12-7-6-8-16(14,15)13-11(4)9-10(2)3/h10-13H,5-9H2,1-4H3. The van der Waals surface area contributed by atoms with Gasteiger partial charge in [0.25, 0.3) is 0 Å². The van der Waals surface area contributed by atoms with E-state index in [0.29, 0.717) is 12.3 Å². The Kier molecular flexibility index (Phi) is 7.97. The summed E-state index contributed by atoms with van der Waals surface area (Å²) in [7, 11) is -3.10. The predicted molar refractivity (Wildman–Crippen MR) is 69.0 cm³/mol. The molecule has 0 fully saturated rings. The van der Waals surface area contributed by atoms with Gasteiger partial charge in [-0.2, -0.15) is 0 Å². The number of hydrogen-bond donors (Lipinski definition) is 2. The van der Waals surface area contributed by atoms with Crippen LogP contribution in [0, 0.1) is 5.92 Å². The lowest BCUT2D eigenvalue weighted by Gasteiger charge is -2.16. The summed E-state index contributed by atoms with van der Waals surface area (Å²) >= 11 is 0. The lowest BCUT2D eigenvalue weighted by atomic mass is 10.1. The van der Waals surface area contributed by atoms with Crippen molar-refractivity contribution in [1.82, 2.24) is 10.0 Å². The van der Waals surface area contributed by atoms with Crippen molar-refractivity contribution in [2.24, 2.45) is 5.92 Å². The first-order valence-corrected chi connectivity index (χ1v) is 7.73. The maximum atomic E-state index is 11.6.